The van der Waals surface area contributed by atoms with Crippen molar-refractivity contribution in [2.24, 2.45) is 0 Å². The van der Waals surface area contributed by atoms with E-state index in [1.54, 1.807) is 54.7 Å². The van der Waals surface area contributed by atoms with Crippen LogP contribution in [0.15, 0.2) is 66.9 Å². The van der Waals surface area contributed by atoms with Crippen LogP contribution in [0.3, 0.4) is 0 Å². The molecule has 0 aliphatic carbocycles. The highest BCUT2D eigenvalue weighted by Crippen LogP contribution is 2.24. The van der Waals surface area contributed by atoms with Gasteiger partial charge in [0.2, 0.25) is 5.88 Å². The number of hydrogen-bond donors (Lipinski definition) is 1. The number of amides is 1. The predicted octanol–water partition coefficient (Wildman–Crippen LogP) is 4.36. The normalized spacial score (nSPS) is 10.5. The summed E-state index contributed by atoms with van der Waals surface area (Å²) in [7, 11) is 0. The minimum atomic E-state index is -0.403. The Morgan fingerprint density at radius 3 is 2.77 bits per heavy atom. The van der Waals surface area contributed by atoms with Crippen LogP contribution >= 0.6 is 0 Å². The lowest BCUT2D eigenvalue weighted by Crippen LogP contribution is -2.24. The average molecular weight is 410 g/mol. The fourth-order valence-corrected chi connectivity index (χ4v) is 2.70. The highest BCUT2D eigenvalue weighted by molar-refractivity contribution is 5.96. The number of nitrogens with zero attached hydrogens (tertiary/aromatic N) is 1. The molecule has 1 aromatic heterocycles. The van der Waals surface area contributed by atoms with Crippen molar-refractivity contribution in [1.29, 1.82) is 0 Å². The number of carbonyl (C=O) groups is 1. The Balaban J connectivity index is 1.66. The zero-order valence-electron chi connectivity index (χ0n) is 16.6. The maximum Gasteiger partial charge on any atom is 0.255 e. The summed E-state index contributed by atoms with van der Waals surface area (Å²) in [4.78, 5) is 16.9. The largest absolute Gasteiger partial charge is 0.490 e. The molecule has 156 valence electrons. The van der Waals surface area contributed by atoms with Gasteiger partial charge in [0.1, 0.15) is 23.9 Å². The second-order valence-electron chi connectivity index (χ2n) is 6.25. The molecule has 0 atom stereocenters. The molecule has 30 heavy (non-hydrogen) atoms. The van der Waals surface area contributed by atoms with E-state index in [4.69, 9.17) is 14.2 Å². The van der Waals surface area contributed by atoms with Gasteiger partial charge in [-0.25, -0.2) is 9.37 Å². The van der Waals surface area contributed by atoms with Crippen LogP contribution in [-0.2, 0) is 11.3 Å². The van der Waals surface area contributed by atoms with Crippen LogP contribution in [-0.4, -0.2) is 30.7 Å². The molecule has 0 aliphatic rings. The number of para-hydroxylation sites is 1. The molecular formula is C23H23FN2O4. The Hall–Kier alpha value is -3.45. The lowest BCUT2D eigenvalue weighted by atomic mass is 10.2. The van der Waals surface area contributed by atoms with Gasteiger partial charge >= 0.3 is 0 Å². The van der Waals surface area contributed by atoms with Gasteiger partial charge in [-0.2, -0.15) is 0 Å². The molecule has 0 saturated heterocycles. The molecule has 3 rings (SSSR count). The van der Waals surface area contributed by atoms with Gasteiger partial charge in [-0.05, 0) is 37.3 Å². The lowest BCUT2D eigenvalue weighted by Gasteiger charge is -2.13. The van der Waals surface area contributed by atoms with Crippen LogP contribution in [0.25, 0.3) is 0 Å². The molecule has 0 fully saturated rings. The monoisotopic (exact) mass is 410 g/mol. The first-order valence-electron chi connectivity index (χ1n) is 9.62. The molecule has 1 amide bonds. The first-order valence-corrected chi connectivity index (χ1v) is 9.62. The average Bonchev–Trinajstić information content (AvgIpc) is 2.76. The fourth-order valence-electron chi connectivity index (χ4n) is 2.70. The van der Waals surface area contributed by atoms with E-state index in [-0.39, 0.29) is 12.5 Å². The van der Waals surface area contributed by atoms with Crippen molar-refractivity contribution < 1.29 is 23.4 Å². The highest BCUT2D eigenvalue weighted by atomic mass is 19.1. The number of halogens is 1. The second kappa shape index (κ2) is 10.9. The van der Waals surface area contributed by atoms with Crippen LogP contribution in [0.2, 0.25) is 0 Å². The quantitative estimate of drug-likeness (QED) is 0.503. The first kappa shape index (κ1) is 21.3. The van der Waals surface area contributed by atoms with Crippen LogP contribution in [0.1, 0.15) is 22.8 Å². The first-order chi connectivity index (χ1) is 14.7. The maximum absolute atomic E-state index is 13.4. The topological polar surface area (TPSA) is 69.7 Å². The predicted molar refractivity (Wildman–Crippen MR) is 110 cm³/mol. The Labute approximate surface area is 174 Å². The Bertz CT molecular complexity index is 981. The number of benzene rings is 2. The van der Waals surface area contributed by atoms with Gasteiger partial charge in [-0.3, -0.25) is 4.79 Å². The molecule has 0 bridgehead atoms. The minimum absolute atomic E-state index is 0.185. The number of nitrogens with one attached hydrogen (secondary N) is 1. The molecule has 1 N–H and O–H groups in total. The summed E-state index contributed by atoms with van der Waals surface area (Å²) in [5.41, 5.74) is 1.08. The van der Waals surface area contributed by atoms with Crippen molar-refractivity contribution in [3.63, 3.8) is 0 Å². The molecule has 0 radical (unpaired) electrons. The standard InChI is InChI=1S/C23H23FN2O4/c1-2-28-13-14-29-21-11-4-3-10-20(21)22(27)26-16-17-7-6-12-25-23(17)30-19-9-5-8-18(24)15-19/h3-12,15H,2,13-14,16H2,1H3,(H,26,27). The van der Waals surface area contributed by atoms with Crippen LogP contribution in [0.4, 0.5) is 4.39 Å². The molecule has 0 unspecified atom stereocenters. The number of ether oxygens (including phenoxy) is 3. The van der Waals surface area contributed by atoms with Crippen LogP contribution in [0.5, 0.6) is 17.4 Å². The lowest BCUT2D eigenvalue weighted by molar-refractivity contribution is 0.0934. The smallest absolute Gasteiger partial charge is 0.255 e. The van der Waals surface area contributed by atoms with Gasteiger partial charge < -0.3 is 19.5 Å². The third-order valence-corrected chi connectivity index (χ3v) is 4.12. The number of hydrogen-bond acceptors (Lipinski definition) is 5. The summed E-state index contributed by atoms with van der Waals surface area (Å²) < 4.78 is 30.0. The highest BCUT2D eigenvalue weighted by Gasteiger charge is 2.14. The SMILES string of the molecule is CCOCCOc1ccccc1C(=O)NCc1cccnc1Oc1cccc(F)c1. The third-order valence-electron chi connectivity index (χ3n) is 4.12. The summed E-state index contributed by atoms with van der Waals surface area (Å²) >= 11 is 0. The number of carbonyl (C=O) groups excluding carboxylic acids is 1. The van der Waals surface area contributed by atoms with Crippen LogP contribution < -0.4 is 14.8 Å². The summed E-state index contributed by atoms with van der Waals surface area (Å²) in [6.45, 7) is 3.50. The summed E-state index contributed by atoms with van der Waals surface area (Å²) in [6.07, 6.45) is 1.57. The van der Waals surface area contributed by atoms with E-state index in [9.17, 15) is 9.18 Å². The Morgan fingerprint density at radius 1 is 1.07 bits per heavy atom. The molecule has 0 aliphatic heterocycles. The molecular weight excluding hydrogens is 387 g/mol. The Kier molecular flexibility index (Phi) is 7.74. The van der Waals surface area contributed by atoms with E-state index in [2.05, 4.69) is 10.3 Å². The zero-order valence-corrected chi connectivity index (χ0v) is 16.6. The molecule has 2 aromatic carbocycles. The van der Waals surface area contributed by atoms with E-state index in [0.29, 0.717) is 48.3 Å². The number of aromatic nitrogens is 1. The van der Waals surface area contributed by atoms with E-state index in [1.807, 2.05) is 6.92 Å². The number of rotatable bonds is 10. The molecule has 0 spiro atoms. The van der Waals surface area contributed by atoms with Crippen molar-refractivity contribution in [1.82, 2.24) is 10.3 Å². The molecule has 6 nitrogen and oxygen atoms in total. The maximum atomic E-state index is 13.4. The second-order valence-corrected chi connectivity index (χ2v) is 6.25. The minimum Gasteiger partial charge on any atom is -0.490 e. The Morgan fingerprint density at radius 2 is 1.93 bits per heavy atom. The van der Waals surface area contributed by atoms with Gasteiger partial charge in [-0.1, -0.05) is 24.3 Å². The molecule has 3 aromatic rings. The van der Waals surface area contributed by atoms with Crippen molar-refractivity contribution in [2.75, 3.05) is 19.8 Å². The van der Waals surface area contributed by atoms with Gasteiger partial charge in [-0.15, -0.1) is 0 Å². The van der Waals surface area contributed by atoms with Crippen molar-refractivity contribution >= 4 is 5.91 Å². The van der Waals surface area contributed by atoms with E-state index >= 15 is 0 Å². The van der Waals surface area contributed by atoms with Crippen LogP contribution in [0, 0.1) is 5.82 Å². The van der Waals surface area contributed by atoms with E-state index in [0.717, 1.165) is 0 Å². The van der Waals surface area contributed by atoms with Crippen molar-refractivity contribution in [2.45, 2.75) is 13.5 Å². The molecule has 0 saturated carbocycles. The van der Waals surface area contributed by atoms with E-state index in [1.165, 1.54) is 12.1 Å². The van der Waals surface area contributed by atoms with Crippen molar-refractivity contribution in [3.05, 3.63) is 83.8 Å². The van der Waals surface area contributed by atoms with E-state index < -0.39 is 5.82 Å². The summed E-state index contributed by atoms with van der Waals surface area (Å²) in [6, 6.07) is 16.3. The fraction of sp³-hybridized carbons (Fsp3) is 0.217. The van der Waals surface area contributed by atoms with Crippen molar-refractivity contribution in [3.8, 4) is 17.4 Å². The molecule has 1 heterocycles. The summed E-state index contributed by atoms with van der Waals surface area (Å²) in [5, 5.41) is 2.85. The molecule has 7 heteroatoms. The van der Waals surface area contributed by atoms with Gasteiger partial charge in [0, 0.05) is 31.0 Å². The third kappa shape index (κ3) is 6.02. The van der Waals surface area contributed by atoms with Gasteiger partial charge in [0.25, 0.3) is 5.91 Å². The van der Waals surface area contributed by atoms with Gasteiger partial charge in [0.05, 0.1) is 12.2 Å². The summed E-state index contributed by atoms with van der Waals surface area (Å²) in [5.74, 6) is 0.415. The van der Waals surface area contributed by atoms with Gasteiger partial charge in [0.15, 0.2) is 0 Å². The zero-order chi connectivity index (χ0) is 21.2. The number of pyridine rings is 1.